The van der Waals surface area contributed by atoms with Crippen molar-refractivity contribution in [2.75, 3.05) is 13.1 Å². The highest BCUT2D eigenvalue weighted by molar-refractivity contribution is 7.90. The average molecular weight is 338 g/mol. The lowest BCUT2D eigenvalue weighted by Crippen LogP contribution is -2.45. The Morgan fingerprint density at radius 1 is 1.26 bits per heavy atom. The molecule has 1 aromatic rings. The van der Waals surface area contributed by atoms with E-state index < -0.39 is 10.0 Å². The predicted molar refractivity (Wildman–Crippen MR) is 88.3 cm³/mol. The van der Waals surface area contributed by atoms with Crippen molar-refractivity contribution in [1.82, 2.24) is 19.4 Å². The molecule has 128 valence electrons. The summed E-state index contributed by atoms with van der Waals surface area (Å²) >= 11 is 0. The van der Waals surface area contributed by atoms with Gasteiger partial charge < -0.3 is 0 Å². The summed E-state index contributed by atoms with van der Waals surface area (Å²) in [4.78, 5) is 2.59. The molecular formula is C16H26N4O2S. The second kappa shape index (κ2) is 5.86. The van der Waals surface area contributed by atoms with E-state index in [0.29, 0.717) is 18.5 Å². The maximum Gasteiger partial charge on any atom is 0.214 e. The molecule has 1 N–H and O–H groups in total. The molecule has 0 aromatic carbocycles. The van der Waals surface area contributed by atoms with Gasteiger partial charge in [0.05, 0.1) is 17.0 Å². The molecule has 0 radical (unpaired) electrons. The van der Waals surface area contributed by atoms with E-state index >= 15 is 0 Å². The number of aryl methyl sites for hydroxylation is 1. The monoisotopic (exact) mass is 338 g/mol. The summed E-state index contributed by atoms with van der Waals surface area (Å²) in [7, 11) is -1.12. The van der Waals surface area contributed by atoms with Gasteiger partial charge in [-0.3, -0.25) is 9.58 Å². The van der Waals surface area contributed by atoms with Crippen LogP contribution in [-0.2, 0) is 17.1 Å². The normalized spacial score (nSPS) is 29.8. The molecule has 2 atom stereocenters. The molecule has 3 fully saturated rings. The number of likely N-dealkylation sites (tertiary alicyclic amines) is 1. The Kier molecular flexibility index (Phi) is 3.98. The predicted octanol–water partition coefficient (Wildman–Crippen LogP) is 1.42. The zero-order valence-electron chi connectivity index (χ0n) is 13.7. The molecule has 1 aromatic heterocycles. The minimum absolute atomic E-state index is 0.138. The highest BCUT2D eigenvalue weighted by Crippen LogP contribution is 2.42. The van der Waals surface area contributed by atoms with Gasteiger partial charge in [0.15, 0.2) is 0 Å². The molecule has 0 amide bonds. The Bertz CT molecular complexity index is 663. The highest BCUT2D eigenvalue weighted by Gasteiger charge is 2.42. The summed E-state index contributed by atoms with van der Waals surface area (Å²) in [6, 6.07) is 3.05. The van der Waals surface area contributed by atoms with Gasteiger partial charge in [-0.05, 0) is 57.1 Å². The van der Waals surface area contributed by atoms with E-state index in [1.807, 2.05) is 17.9 Å². The van der Waals surface area contributed by atoms with Crippen LogP contribution < -0.4 is 4.72 Å². The summed E-state index contributed by atoms with van der Waals surface area (Å²) in [5.74, 6) is 0.327. The second-order valence-corrected chi connectivity index (χ2v) is 9.33. The Morgan fingerprint density at radius 2 is 2.04 bits per heavy atom. The molecule has 3 aliphatic rings. The van der Waals surface area contributed by atoms with Crippen LogP contribution in [0.4, 0.5) is 0 Å². The lowest BCUT2D eigenvalue weighted by Gasteiger charge is -2.41. The first-order chi connectivity index (χ1) is 11.1. The Hall–Kier alpha value is -0.920. The maximum atomic E-state index is 12.2. The van der Waals surface area contributed by atoms with Gasteiger partial charge in [-0.25, -0.2) is 13.1 Å². The van der Waals surface area contributed by atoms with Crippen molar-refractivity contribution >= 4 is 10.0 Å². The number of piperidine rings is 1. The Balaban J connectivity index is 1.54. The maximum absolute atomic E-state index is 12.2. The van der Waals surface area contributed by atoms with Crippen LogP contribution in [0.3, 0.4) is 0 Å². The van der Waals surface area contributed by atoms with Crippen LogP contribution in [0.5, 0.6) is 0 Å². The fraction of sp³-hybridized carbons (Fsp3) is 0.812. The van der Waals surface area contributed by atoms with E-state index in [2.05, 4.69) is 20.8 Å². The third-order valence-electron chi connectivity index (χ3n) is 5.48. The van der Waals surface area contributed by atoms with Crippen molar-refractivity contribution in [2.24, 2.45) is 13.0 Å². The summed E-state index contributed by atoms with van der Waals surface area (Å²) in [5, 5.41) is 4.20. The number of nitrogens with zero attached hydrogens (tertiary/aromatic N) is 3. The minimum Gasteiger partial charge on any atom is -0.292 e. The molecule has 7 heteroatoms. The van der Waals surface area contributed by atoms with Gasteiger partial charge in [0.25, 0.3) is 0 Å². The Labute approximate surface area is 138 Å². The summed E-state index contributed by atoms with van der Waals surface area (Å²) in [5.41, 5.74) is 1.22. The van der Waals surface area contributed by atoms with Crippen LogP contribution in [0.1, 0.15) is 50.3 Å². The van der Waals surface area contributed by atoms with E-state index in [1.165, 1.54) is 18.5 Å². The number of hydrogen-bond acceptors (Lipinski definition) is 4. The van der Waals surface area contributed by atoms with Crippen LogP contribution >= 0.6 is 0 Å². The van der Waals surface area contributed by atoms with Crippen LogP contribution in [0.2, 0.25) is 0 Å². The summed E-state index contributed by atoms with van der Waals surface area (Å²) in [6.07, 6.45) is 8.26. The van der Waals surface area contributed by atoms with Gasteiger partial charge in [-0.15, -0.1) is 0 Å². The molecule has 0 bridgehead atoms. The van der Waals surface area contributed by atoms with Gasteiger partial charge in [0, 0.05) is 25.8 Å². The number of hydrogen-bond donors (Lipinski definition) is 1. The third-order valence-corrected chi connectivity index (χ3v) is 7.40. The first kappa shape index (κ1) is 15.6. The topological polar surface area (TPSA) is 67.2 Å². The molecule has 1 aliphatic heterocycles. The number of nitrogens with one attached hydrogen (secondary N) is 1. The largest absolute Gasteiger partial charge is 0.292 e. The molecule has 0 unspecified atom stereocenters. The third kappa shape index (κ3) is 3.19. The zero-order chi connectivity index (χ0) is 16.0. The fourth-order valence-electron chi connectivity index (χ4n) is 3.94. The van der Waals surface area contributed by atoms with Gasteiger partial charge in [0.1, 0.15) is 0 Å². The Morgan fingerprint density at radius 3 is 2.65 bits per heavy atom. The van der Waals surface area contributed by atoms with Crippen LogP contribution in [0, 0.1) is 5.92 Å². The van der Waals surface area contributed by atoms with E-state index in [0.717, 1.165) is 32.2 Å². The van der Waals surface area contributed by atoms with Crippen LogP contribution in [0.25, 0.3) is 0 Å². The van der Waals surface area contributed by atoms with Crippen molar-refractivity contribution in [3.63, 3.8) is 0 Å². The van der Waals surface area contributed by atoms with Gasteiger partial charge >= 0.3 is 0 Å². The smallest absolute Gasteiger partial charge is 0.214 e. The molecule has 2 saturated carbocycles. The van der Waals surface area contributed by atoms with Crippen molar-refractivity contribution in [3.05, 3.63) is 18.0 Å². The molecular weight excluding hydrogens is 312 g/mol. The van der Waals surface area contributed by atoms with Crippen molar-refractivity contribution in [3.8, 4) is 0 Å². The standard InChI is InChI=1S/C16H26N4O2S/c1-19-15(8-9-17-19)16-12(3-2-10-20(16)13-4-5-13)11-18-23(21,22)14-6-7-14/h8-9,12-14,16,18H,2-7,10-11H2,1H3/t12-,16+/m0/s1. The van der Waals surface area contributed by atoms with Crippen molar-refractivity contribution in [1.29, 1.82) is 0 Å². The van der Waals surface area contributed by atoms with Crippen molar-refractivity contribution < 1.29 is 8.42 Å². The van der Waals surface area contributed by atoms with Crippen LogP contribution in [-0.4, -0.2) is 47.5 Å². The number of sulfonamides is 1. The molecule has 2 heterocycles. The second-order valence-electron chi connectivity index (χ2n) is 7.29. The van der Waals surface area contributed by atoms with E-state index in [1.54, 1.807) is 0 Å². The first-order valence-corrected chi connectivity index (χ1v) is 10.3. The van der Waals surface area contributed by atoms with Crippen molar-refractivity contribution in [2.45, 2.75) is 55.9 Å². The number of aromatic nitrogens is 2. The van der Waals surface area contributed by atoms with E-state index in [9.17, 15) is 8.42 Å². The highest BCUT2D eigenvalue weighted by atomic mass is 32.2. The summed E-state index contributed by atoms with van der Waals surface area (Å²) in [6.45, 7) is 1.67. The average Bonchev–Trinajstić information content (AvgIpc) is 3.43. The molecule has 23 heavy (non-hydrogen) atoms. The van der Waals surface area contributed by atoms with Gasteiger partial charge in [0.2, 0.25) is 10.0 Å². The van der Waals surface area contributed by atoms with E-state index in [-0.39, 0.29) is 11.3 Å². The molecule has 2 aliphatic carbocycles. The van der Waals surface area contributed by atoms with Gasteiger partial charge in [-0.1, -0.05) is 0 Å². The molecule has 0 spiro atoms. The first-order valence-electron chi connectivity index (χ1n) is 8.78. The lowest BCUT2D eigenvalue weighted by atomic mass is 9.87. The van der Waals surface area contributed by atoms with E-state index in [4.69, 9.17) is 0 Å². The minimum atomic E-state index is -3.10. The summed E-state index contributed by atoms with van der Waals surface area (Å²) < 4.78 is 29.2. The molecule has 1 saturated heterocycles. The fourth-order valence-corrected chi connectivity index (χ4v) is 5.38. The quantitative estimate of drug-likeness (QED) is 0.852. The lowest BCUT2D eigenvalue weighted by molar-refractivity contribution is 0.0805. The SMILES string of the molecule is Cn1nccc1[C@H]1[C@H](CNS(=O)(=O)C2CC2)CCCN1C1CC1. The zero-order valence-corrected chi connectivity index (χ0v) is 14.5. The van der Waals surface area contributed by atoms with Crippen LogP contribution in [0.15, 0.2) is 12.3 Å². The molecule has 4 rings (SSSR count). The number of rotatable bonds is 6. The van der Waals surface area contributed by atoms with Gasteiger partial charge in [-0.2, -0.15) is 5.10 Å². The molecule has 6 nitrogen and oxygen atoms in total.